The van der Waals surface area contributed by atoms with Gasteiger partial charge in [-0.2, -0.15) is 0 Å². The van der Waals surface area contributed by atoms with Crippen molar-refractivity contribution < 1.29 is 19.8 Å². The van der Waals surface area contributed by atoms with E-state index in [-0.39, 0.29) is 22.4 Å². The summed E-state index contributed by atoms with van der Waals surface area (Å²) in [5, 5.41) is 21.6. The highest BCUT2D eigenvalue weighted by molar-refractivity contribution is 6.32. The smallest absolute Gasteiger partial charge is 0.316 e. The second-order valence-corrected chi connectivity index (χ2v) is 5.39. The van der Waals surface area contributed by atoms with E-state index in [1.165, 1.54) is 12.1 Å². The minimum Gasteiger partial charge on any atom is -0.504 e. The van der Waals surface area contributed by atoms with Gasteiger partial charge >= 0.3 is 5.97 Å². The van der Waals surface area contributed by atoms with Crippen molar-refractivity contribution in [2.75, 3.05) is 5.32 Å². The number of aliphatic carboxylic acids is 1. The maximum Gasteiger partial charge on any atom is 0.316 e. The van der Waals surface area contributed by atoms with Crippen LogP contribution in [0.1, 0.15) is 25.7 Å². The molecule has 1 aliphatic rings. The SMILES string of the molecule is O=C(O)C(C(=O)Nc1cccc(Cl)c1O)C1CCCC1. The third-order valence-electron chi connectivity index (χ3n) is 3.66. The number of amides is 1. The number of carbonyl (C=O) groups is 2. The number of carbonyl (C=O) groups excluding carboxylic acids is 1. The van der Waals surface area contributed by atoms with Crippen molar-refractivity contribution in [3.05, 3.63) is 23.2 Å². The summed E-state index contributed by atoms with van der Waals surface area (Å²) in [5.41, 5.74) is 0.131. The van der Waals surface area contributed by atoms with Gasteiger partial charge in [0.2, 0.25) is 5.91 Å². The summed E-state index contributed by atoms with van der Waals surface area (Å²) in [7, 11) is 0. The summed E-state index contributed by atoms with van der Waals surface area (Å²) >= 11 is 5.75. The molecule has 1 amide bonds. The van der Waals surface area contributed by atoms with Crippen LogP contribution in [0, 0.1) is 11.8 Å². The Balaban J connectivity index is 2.16. The van der Waals surface area contributed by atoms with Gasteiger partial charge in [-0.25, -0.2) is 0 Å². The van der Waals surface area contributed by atoms with E-state index in [1.54, 1.807) is 6.07 Å². The zero-order valence-electron chi connectivity index (χ0n) is 10.8. The van der Waals surface area contributed by atoms with Gasteiger partial charge in [-0.15, -0.1) is 0 Å². The lowest BCUT2D eigenvalue weighted by Crippen LogP contribution is -2.34. The summed E-state index contributed by atoms with van der Waals surface area (Å²) in [4.78, 5) is 23.5. The van der Waals surface area contributed by atoms with E-state index in [0.717, 1.165) is 25.7 Å². The van der Waals surface area contributed by atoms with Crippen LogP contribution < -0.4 is 5.32 Å². The number of anilines is 1. The van der Waals surface area contributed by atoms with Crippen LogP contribution in [-0.4, -0.2) is 22.1 Å². The molecule has 0 heterocycles. The van der Waals surface area contributed by atoms with Crippen LogP contribution in [0.2, 0.25) is 5.02 Å². The predicted octanol–water partition coefficient (Wildman–Crippen LogP) is 2.88. The third-order valence-corrected chi connectivity index (χ3v) is 3.97. The van der Waals surface area contributed by atoms with Crippen molar-refractivity contribution in [1.82, 2.24) is 0 Å². The first-order valence-electron chi connectivity index (χ1n) is 6.52. The zero-order valence-corrected chi connectivity index (χ0v) is 11.6. The number of phenolic OH excluding ortho intramolecular Hbond substituents is 1. The molecule has 1 aromatic rings. The second kappa shape index (κ2) is 6.13. The Hall–Kier alpha value is -1.75. The average molecular weight is 298 g/mol. The lowest BCUT2D eigenvalue weighted by atomic mass is 9.90. The Bertz CT molecular complexity index is 526. The van der Waals surface area contributed by atoms with Crippen LogP contribution in [0.3, 0.4) is 0 Å². The van der Waals surface area contributed by atoms with Crippen molar-refractivity contribution in [2.45, 2.75) is 25.7 Å². The number of benzene rings is 1. The highest BCUT2D eigenvalue weighted by atomic mass is 35.5. The Morgan fingerprint density at radius 1 is 1.30 bits per heavy atom. The molecular weight excluding hydrogens is 282 g/mol. The Morgan fingerprint density at radius 2 is 1.95 bits per heavy atom. The lowest BCUT2D eigenvalue weighted by Gasteiger charge is -2.19. The van der Waals surface area contributed by atoms with E-state index in [1.807, 2.05) is 0 Å². The molecule has 108 valence electrons. The van der Waals surface area contributed by atoms with E-state index in [2.05, 4.69) is 5.32 Å². The largest absolute Gasteiger partial charge is 0.504 e. The number of hydrogen-bond donors (Lipinski definition) is 3. The van der Waals surface area contributed by atoms with Gasteiger partial charge in [0.05, 0.1) is 10.7 Å². The molecule has 1 aliphatic carbocycles. The molecule has 1 atom stereocenters. The van der Waals surface area contributed by atoms with E-state index in [9.17, 15) is 19.8 Å². The first kappa shape index (κ1) is 14.7. The summed E-state index contributed by atoms with van der Waals surface area (Å²) in [6, 6.07) is 4.54. The van der Waals surface area contributed by atoms with Crippen LogP contribution in [0.4, 0.5) is 5.69 Å². The summed E-state index contributed by atoms with van der Waals surface area (Å²) < 4.78 is 0. The number of carboxylic acid groups (broad SMARTS) is 1. The molecule has 0 aromatic heterocycles. The van der Waals surface area contributed by atoms with E-state index in [0.29, 0.717) is 0 Å². The van der Waals surface area contributed by atoms with Crippen LogP contribution in [0.5, 0.6) is 5.75 Å². The van der Waals surface area contributed by atoms with Gasteiger partial charge in [0.25, 0.3) is 0 Å². The number of aromatic hydroxyl groups is 1. The maximum absolute atomic E-state index is 12.2. The first-order valence-corrected chi connectivity index (χ1v) is 6.89. The Morgan fingerprint density at radius 3 is 2.55 bits per heavy atom. The van der Waals surface area contributed by atoms with Crippen LogP contribution in [0.25, 0.3) is 0 Å². The average Bonchev–Trinajstić information content (AvgIpc) is 2.88. The van der Waals surface area contributed by atoms with Gasteiger partial charge in [0, 0.05) is 0 Å². The van der Waals surface area contributed by atoms with Crippen molar-refractivity contribution in [3.8, 4) is 5.75 Å². The van der Waals surface area contributed by atoms with E-state index >= 15 is 0 Å². The summed E-state index contributed by atoms with van der Waals surface area (Å²) in [6.07, 6.45) is 3.38. The molecule has 1 unspecified atom stereocenters. The Labute approximate surface area is 121 Å². The van der Waals surface area contributed by atoms with Crippen molar-refractivity contribution >= 4 is 29.2 Å². The van der Waals surface area contributed by atoms with Gasteiger partial charge in [-0.3, -0.25) is 9.59 Å². The molecule has 1 fully saturated rings. The fraction of sp³-hybridized carbons (Fsp3) is 0.429. The quantitative estimate of drug-likeness (QED) is 0.589. The summed E-state index contributed by atoms with van der Waals surface area (Å²) in [5.74, 6) is -3.22. The second-order valence-electron chi connectivity index (χ2n) is 4.99. The molecule has 5 nitrogen and oxygen atoms in total. The molecular formula is C14H16ClNO4. The van der Waals surface area contributed by atoms with Gasteiger partial charge in [-0.05, 0) is 30.9 Å². The van der Waals surface area contributed by atoms with Gasteiger partial charge in [0.1, 0.15) is 5.92 Å². The molecule has 0 bridgehead atoms. The highest BCUT2D eigenvalue weighted by Crippen LogP contribution is 2.35. The third kappa shape index (κ3) is 3.04. The number of carboxylic acids is 1. The number of para-hydroxylation sites is 1. The molecule has 0 spiro atoms. The maximum atomic E-state index is 12.2. The number of phenols is 1. The molecule has 1 aromatic carbocycles. The van der Waals surface area contributed by atoms with Gasteiger partial charge in [0.15, 0.2) is 5.75 Å². The number of halogens is 1. The molecule has 2 rings (SSSR count). The summed E-state index contributed by atoms with van der Waals surface area (Å²) in [6.45, 7) is 0. The minimum atomic E-state index is -1.13. The van der Waals surface area contributed by atoms with Crippen molar-refractivity contribution in [3.63, 3.8) is 0 Å². The standard InChI is InChI=1S/C14H16ClNO4/c15-9-6-3-7-10(12(9)17)16-13(18)11(14(19)20)8-4-1-2-5-8/h3,6-8,11,17H,1-2,4-5H2,(H,16,18)(H,19,20). The molecule has 3 N–H and O–H groups in total. The predicted molar refractivity (Wildman–Crippen MR) is 74.8 cm³/mol. The number of rotatable bonds is 4. The molecule has 6 heteroatoms. The fourth-order valence-corrected chi connectivity index (χ4v) is 2.82. The Kier molecular flexibility index (Phi) is 4.49. The lowest BCUT2D eigenvalue weighted by molar-refractivity contribution is -0.147. The fourth-order valence-electron chi connectivity index (χ4n) is 2.65. The highest BCUT2D eigenvalue weighted by Gasteiger charge is 2.36. The molecule has 0 radical (unpaired) electrons. The first-order chi connectivity index (χ1) is 9.50. The van der Waals surface area contributed by atoms with Crippen LogP contribution in [0.15, 0.2) is 18.2 Å². The zero-order chi connectivity index (χ0) is 14.7. The normalized spacial score (nSPS) is 16.9. The van der Waals surface area contributed by atoms with Crippen molar-refractivity contribution in [2.24, 2.45) is 11.8 Å². The van der Waals surface area contributed by atoms with Crippen molar-refractivity contribution in [1.29, 1.82) is 0 Å². The van der Waals surface area contributed by atoms with E-state index in [4.69, 9.17) is 11.6 Å². The number of nitrogens with one attached hydrogen (secondary N) is 1. The monoisotopic (exact) mass is 297 g/mol. The van der Waals surface area contributed by atoms with Crippen LogP contribution in [-0.2, 0) is 9.59 Å². The van der Waals surface area contributed by atoms with E-state index < -0.39 is 17.8 Å². The molecule has 0 aliphatic heterocycles. The molecule has 20 heavy (non-hydrogen) atoms. The van der Waals surface area contributed by atoms with Gasteiger partial charge in [-0.1, -0.05) is 30.5 Å². The minimum absolute atomic E-state index is 0.107. The molecule has 1 saturated carbocycles. The van der Waals surface area contributed by atoms with Gasteiger partial charge < -0.3 is 15.5 Å². The topological polar surface area (TPSA) is 86.6 Å². The number of hydrogen-bond acceptors (Lipinski definition) is 3. The molecule has 0 saturated heterocycles. The van der Waals surface area contributed by atoms with Crippen LogP contribution >= 0.6 is 11.6 Å².